The zero-order chi connectivity index (χ0) is 15.9. The largest absolute Gasteiger partial charge is 0.494 e. The van der Waals surface area contributed by atoms with Gasteiger partial charge in [0.15, 0.2) is 0 Å². The highest BCUT2D eigenvalue weighted by Gasteiger charge is 2.23. The highest BCUT2D eigenvalue weighted by Crippen LogP contribution is 2.30. The van der Waals surface area contributed by atoms with Gasteiger partial charge in [0.25, 0.3) is 0 Å². The molecular weight excluding hydrogens is 258 g/mol. The Hall–Kier alpha value is -1.02. The number of hydrogen-bond acceptors (Lipinski definition) is 2. The Balaban J connectivity index is 2.43. The summed E-state index contributed by atoms with van der Waals surface area (Å²) in [5, 5.41) is 0. The van der Waals surface area contributed by atoms with Gasteiger partial charge in [-0.25, -0.2) is 0 Å². The van der Waals surface area contributed by atoms with Gasteiger partial charge in [0.05, 0.1) is 6.61 Å². The maximum atomic E-state index is 5.94. The molecule has 120 valence electrons. The van der Waals surface area contributed by atoms with Crippen LogP contribution in [0.15, 0.2) is 24.3 Å². The van der Waals surface area contributed by atoms with Gasteiger partial charge in [0.2, 0.25) is 0 Å². The van der Waals surface area contributed by atoms with Crippen LogP contribution < -0.4 is 10.5 Å². The van der Waals surface area contributed by atoms with Crippen LogP contribution in [0.25, 0.3) is 0 Å². The molecule has 0 radical (unpaired) electrons. The lowest BCUT2D eigenvalue weighted by molar-refractivity contribution is 0.213. The molecule has 0 bridgehead atoms. The molecule has 2 N–H and O–H groups in total. The van der Waals surface area contributed by atoms with Crippen molar-refractivity contribution >= 4 is 0 Å². The summed E-state index contributed by atoms with van der Waals surface area (Å²) >= 11 is 0. The normalized spacial score (nSPS) is 12.5. The minimum absolute atomic E-state index is 0.196. The van der Waals surface area contributed by atoms with E-state index in [-0.39, 0.29) is 5.41 Å². The van der Waals surface area contributed by atoms with Crippen LogP contribution in [0.1, 0.15) is 65.9 Å². The van der Waals surface area contributed by atoms with Crippen molar-refractivity contribution in [3.05, 3.63) is 29.8 Å². The molecule has 0 atom stereocenters. The first-order valence-electron chi connectivity index (χ1n) is 8.30. The third-order valence-corrected chi connectivity index (χ3v) is 4.77. The number of hydrogen-bond donors (Lipinski definition) is 1. The first-order valence-corrected chi connectivity index (χ1v) is 8.30. The SMILES string of the molecule is CCC(CC)(CN)CCCOc1ccc(C(C)(C)C)cc1. The molecule has 0 aliphatic heterocycles. The molecule has 0 fully saturated rings. The van der Waals surface area contributed by atoms with Crippen molar-refractivity contribution in [2.24, 2.45) is 11.1 Å². The van der Waals surface area contributed by atoms with Crippen LogP contribution in [0.4, 0.5) is 0 Å². The first kappa shape index (κ1) is 18.0. The molecule has 1 aromatic rings. The van der Waals surface area contributed by atoms with E-state index in [4.69, 9.17) is 10.5 Å². The van der Waals surface area contributed by atoms with Gasteiger partial charge in [0.1, 0.15) is 5.75 Å². The Labute approximate surface area is 131 Å². The lowest BCUT2D eigenvalue weighted by atomic mass is 9.78. The fourth-order valence-corrected chi connectivity index (χ4v) is 2.68. The fourth-order valence-electron chi connectivity index (χ4n) is 2.68. The van der Waals surface area contributed by atoms with Crippen LogP contribution in [0.3, 0.4) is 0 Å². The molecule has 21 heavy (non-hydrogen) atoms. The Morgan fingerprint density at radius 2 is 1.57 bits per heavy atom. The summed E-state index contributed by atoms with van der Waals surface area (Å²) in [6, 6.07) is 8.49. The average Bonchev–Trinajstić information content (AvgIpc) is 2.48. The number of rotatable bonds is 8. The summed E-state index contributed by atoms with van der Waals surface area (Å²) in [7, 11) is 0. The molecule has 0 aliphatic rings. The molecule has 1 aromatic carbocycles. The molecule has 0 saturated carbocycles. The van der Waals surface area contributed by atoms with Crippen LogP contribution in [0, 0.1) is 5.41 Å². The molecule has 0 unspecified atom stereocenters. The first-order chi connectivity index (χ1) is 9.87. The second-order valence-electron chi connectivity index (χ2n) is 7.14. The van der Waals surface area contributed by atoms with E-state index in [0.29, 0.717) is 5.41 Å². The van der Waals surface area contributed by atoms with Crippen molar-refractivity contribution in [2.45, 2.75) is 65.7 Å². The third-order valence-electron chi connectivity index (χ3n) is 4.77. The van der Waals surface area contributed by atoms with E-state index in [2.05, 4.69) is 58.9 Å². The lowest BCUT2D eigenvalue weighted by Crippen LogP contribution is -2.29. The molecular formula is C19H33NO. The number of nitrogens with two attached hydrogens (primary N) is 1. The van der Waals surface area contributed by atoms with E-state index in [9.17, 15) is 0 Å². The average molecular weight is 291 g/mol. The Morgan fingerprint density at radius 3 is 2.00 bits per heavy atom. The zero-order valence-corrected chi connectivity index (χ0v) is 14.5. The van der Waals surface area contributed by atoms with Crippen LogP contribution in [-0.2, 0) is 5.41 Å². The highest BCUT2D eigenvalue weighted by atomic mass is 16.5. The second kappa shape index (κ2) is 7.84. The summed E-state index contributed by atoms with van der Waals surface area (Å²) in [4.78, 5) is 0. The van der Waals surface area contributed by atoms with Gasteiger partial charge >= 0.3 is 0 Å². The molecule has 2 heteroatoms. The van der Waals surface area contributed by atoms with E-state index in [0.717, 1.165) is 44.6 Å². The van der Waals surface area contributed by atoms with Gasteiger partial charge in [-0.15, -0.1) is 0 Å². The van der Waals surface area contributed by atoms with Crippen molar-refractivity contribution < 1.29 is 4.74 Å². The van der Waals surface area contributed by atoms with Gasteiger partial charge < -0.3 is 10.5 Å². The van der Waals surface area contributed by atoms with Gasteiger partial charge in [-0.2, -0.15) is 0 Å². The molecule has 0 saturated heterocycles. The molecule has 0 spiro atoms. The summed E-state index contributed by atoms with van der Waals surface area (Å²) in [6.07, 6.45) is 4.52. The Kier molecular flexibility index (Phi) is 6.73. The number of benzene rings is 1. The summed E-state index contributed by atoms with van der Waals surface area (Å²) in [5.74, 6) is 0.967. The van der Waals surface area contributed by atoms with Gasteiger partial charge in [0, 0.05) is 0 Å². The monoisotopic (exact) mass is 291 g/mol. The molecule has 0 heterocycles. The molecule has 0 aliphatic carbocycles. The minimum atomic E-state index is 0.196. The van der Waals surface area contributed by atoms with E-state index >= 15 is 0 Å². The van der Waals surface area contributed by atoms with Gasteiger partial charge in [-0.05, 0) is 60.8 Å². The van der Waals surface area contributed by atoms with E-state index < -0.39 is 0 Å². The lowest BCUT2D eigenvalue weighted by Gasteiger charge is -2.30. The van der Waals surface area contributed by atoms with Crippen molar-refractivity contribution in [1.29, 1.82) is 0 Å². The Morgan fingerprint density at radius 1 is 1.00 bits per heavy atom. The zero-order valence-electron chi connectivity index (χ0n) is 14.5. The maximum absolute atomic E-state index is 5.94. The van der Waals surface area contributed by atoms with Crippen molar-refractivity contribution in [2.75, 3.05) is 13.2 Å². The second-order valence-corrected chi connectivity index (χ2v) is 7.14. The van der Waals surface area contributed by atoms with Crippen molar-refractivity contribution in [3.8, 4) is 5.75 Å². The van der Waals surface area contributed by atoms with E-state index in [1.54, 1.807) is 0 Å². The van der Waals surface area contributed by atoms with Crippen molar-refractivity contribution in [1.82, 2.24) is 0 Å². The van der Waals surface area contributed by atoms with Crippen LogP contribution >= 0.6 is 0 Å². The molecule has 0 amide bonds. The van der Waals surface area contributed by atoms with Gasteiger partial charge in [-0.3, -0.25) is 0 Å². The van der Waals surface area contributed by atoms with Crippen molar-refractivity contribution in [3.63, 3.8) is 0 Å². The smallest absolute Gasteiger partial charge is 0.119 e. The maximum Gasteiger partial charge on any atom is 0.119 e. The summed E-state index contributed by atoms with van der Waals surface area (Å²) < 4.78 is 5.86. The van der Waals surface area contributed by atoms with E-state index in [1.807, 2.05) is 0 Å². The standard InChI is InChI=1S/C19H33NO/c1-6-19(7-2,15-20)13-8-14-21-17-11-9-16(10-12-17)18(3,4)5/h9-12H,6-8,13-15,20H2,1-5H3. The van der Waals surface area contributed by atoms with Gasteiger partial charge in [-0.1, -0.05) is 46.8 Å². The summed E-state index contributed by atoms with van der Waals surface area (Å²) in [5.41, 5.74) is 7.78. The summed E-state index contributed by atoms with van der Waals surface area (Å²) in [6.45, 7) is 12.7. The predicted molar refractivity (Wildman–Crippen MR) is 91.9 cm³/mol. The topological polar surface area (TPSA) is 35.2 Å². The van der Waals surface area contributed by atoms with Crippen LogP contribution in [0.2, 0.25) is 0 Å². The molecule has 2 nitrogen and oxygen atoms in total. The molecule has 1 rings (SSSR count). The quantitative estimate of drug-likeness (QED) is 0.691. The fraction of sp³-hybridized carbons (Fsp3) is 0.684. The molecule has 0 aromatic heterocycles. The number of ether oxygens (including phenoxy) is 1. The van der Waals surface area contributed by atoms with Crippen LogP contribution in [-0.4, -0.2) is 13.2 Å². The highest BCUT2D eigenvalue weighted by molar-refractivity contribution is 5.31. The predicted octanol–water partition coefficient (Wildman–Crippen LogP) is 4.91. The van der Waals surface area contributed by atoms with E-state index in [1.165, 1.54) is 5.56 Å². The third kappa shape index (κ3) is 5.35. The Bertz CT molecular complexity index is 390. The minimum Gasteiger partial charge on any atom is -0.494 e. The van der Waals surface area contributed by atoms with Crippen LogP contribution in [0.5, 0.6) is 5.75 Å².